The summed E-state index contributed by atoms with van der Waals surface area (Å²) in [5.41, 5.74) is 1.00. The second kappa shape index (κ2) is 7.15. The van der Waals surface area contributed by atoms with Gasteiger partial charge in [0, 0.05) is 14.9 Å². The summed E-state index contributed by atoms with van der Waals surface area (Å²) in [6, 6.07) is 5.93. The number of rotatable bonds is 6. The summed E-state index contributed by atoms with van der Waals surface area (Å²) in [6.07, 6.45) is 0. The summed E-state index contributed by atoms with van der Waals surface area (Å²) < 4.78 is 17.4. The molecule has 4 nitrogen and oxygen atoms in total. The Morgan fingerprint density at radius 3 is 2.24 bits per heavy atom. The highest BCUT2D eigenvalue weighted by Gasteiger charge is 2.24. The van der Waals surface area contributed by atoms with E-state index in [2.05, 4.69) is 26.6 Å². The van der Waals surface area contributed by atoms with Gasteiger partial charge in [0.05, 0.1) is 27.4 Å². The maximum absolute atomic E-state index is 5.57. The molecule has 1 aromatic heterocycles. The van der Waals surface area contributed by atoms with Crippen LogP contribution in [0.15, 0.2) is 28.1 Å². The number of ether oxygens (including phenoxy) is 3. The predicted molar refractivity (Wildman–Crippen MR) is 89.0 cm³/mol. The SMILES string of the molecule is CNC(c1ccc(OC)c(OC)c1OC)c1sccc1Br. The van der Waals surface area contributed by atoms with Crippen LogP contribution in [0, 0.1) is 0 Å². The predicted octanol–water partition coefficient (Wildman–Crippen LogP) is 3.85. The van der Waals surface area contributed by atoms with Gasteiger partial charge in [-0.05, 0) is 46.6 Å². The van der Waals surface area contributed by atoms with Gasteiger partial charge in [0.2, 0.25) is 5.75 Å². The summed E-state index contributed by atoms with van der Waals surface area (Å²) in [5, 5.41) is 5.38. The Hall–Kier alpha value is -1.24. The molecule has 1 heterocycles. The molecule has 1 N–H and O–H groups in total. The molecule has 0 fully saturated rings. The molecule has 2 rings (SSSR count). The molecule has 0 radical (unpaired) electrons. The number of hydrogen-bond donors (Lipinski definition) is 1. The average molecular weight is 372 g/mol. The number of halogens is 1. The van der Waals surface area contributed by atoms with Gasteiger partial charge < -0.3 is 19.5 Å². The lowest BCUT2D eigenvalue weighted by molar-refractivity contribution is 0.321. The Balaban J connectivity index is 2.59. The first-order valence-electron chi connectivity index (χ1n) is 6.36. The molecule has 0 aliphatic rings. The van der Waals surface area contributed by atoms with Gasteiger partial charge in [-0.3, -0.25) is 0 Å². The molecule has 0 saturated heterocycles. The van der Waals surface area contributed by atoms with Gasteiger partial charge in [-0.25, -0.2) is 0 Å². The third-order valence-corrected chi connectivity index (χ3v) is 5.18. The van der Waals surface area contributed by atoms with Gasteiger partial charge in [-0.2, -0.15) is 0 Å². The third-order valence-electron chi connectivity index (χ3n) is 3.24. The maximum atomic E-state index is 5.57. The van der Waals surface area contributed by atoms with Crippen LogP contribution >= 0.6 is 27.3 Å². The summed E-state index contributed by atoms with van der Waals surface area (Å²) in [6.45, 7) is 0. The van der Waals surface area contributed by atoms with Gasteiger partial charge in [0.1, 0.15) is 0 Å². The molecule has 2 aromatic rings. The lowest BCUT2D eigenvalue weighted by Gasteiger charge is -2.21. The Kier molecular flexibility index (Phi) is 5.50. The third kappa shape index (κ3) is 3.02. The highest BCUT2D eigenvalue weighted by molar-refractivity contribution is 9.10. The van der Waals surface area contributed by atoms with Crippen LogP contribution in [0.5, 0.6) is 17.2 Å². The van der Waals surface area contributed by atoms with Gasteiger partial charge in [0.25, 0.3) is 0 Å². The zero-order chi connectivity index (χ0) is 15.4. The standard InChI is InChI=1S/C15H18BrNO3S/c1-17-12(15-10(16)7-8-21-15)9-5-6-11(18-2)14(20-4)13(9)19-3/h5-8,12,17H,1-4H3. The van der Waals surface area contributed by atoms with Crippen LogP contribution < -0.4 is 19.5 Å². The lowest BCUT2D eigenvalue weighted by atomic mass is 10.0. The summed E-state index contributed by atoms with van der Waals surface area (Å²) in [7, 11) is 6.78. The van der Waals surface area contributed by atoms with Crippen molar-refractivity contribution in [2.75, 3.05) is 28.4 Å². The molecule has 0 aliphatic carbocycles. The van der Waals surface area contributed by atoms with E-state index in [1.165, 1.54) is 4.88 Å². The van der Waals surface area contributed by atoms with E-state index in [1.54, 1.807) is 32.7 Å². The van der Waals surface area contributed by atoms with Crippen molar-refractivity contribution in [2.45, 2.75) is 6.04 Å². The molecule has 0 aliphatic heterocycles. The highest BCUT2D eigenvalue weighted by atomic mass is 79.9. The minimum atomic E-state index is 0.00845. The van der Waals surface area contributed by atoms with Crippen molar-refractivity contribution in [3.8, 4) is 17.2 Å². The molecule has 1 aromatic carbocycles. The normalized spacial score (nSPS) is 12.0. The summed E-state index contributed by atoms with van der Waals surface area (Å²) in [4.78, 5) is 1.18. The first-order chi connectivity index (χ1) is 10.2. The molecule has 1 unspecified atom stereocenters. The second-order valence-corrected chi connectivity index (χ2v) is 6.08. The molecule has 0 saturated carbocycles. The highest BCUT2D eigenvalue weighted by Crippen LogP contribution is 2.45. The molecule has 1 atom stereocenters. The van der Waals surface area contributed by atoms with Crippen LogP contribution in [-0.2, 0) is 0 Å². The summed E-state index contributed by atoms with van der Waals surface area (Å²) in [5.74, 6) is 1.93. The van der Waals surface area contributed by atoms with Crippen molar-refractivity contribution in [3.05, 3.63) is 38.5 Å². The topological polar surface area (TPSA) is 39.7 Å². The molecule has 0 amide bonds. The van der Waals surface area contributed by atoms with E-state index in [0.717, 1.165) is 10.0 Å². The molecular formula is C15H18BrNO3S. The fourth-order valence-corrected chi connectivity index (χ4v) is 4.02. The van der Waals surface area contributed by atoms with Gasteiger partial charge >= 0.3 is 0 Å². The Bertz CT molecular complexity index is 615. The van der Waals surface area contributed by atoms with Crippen LogP contribution in [0.4, 0.5) is 0 Å². The number of thiophene rings is 1. The number of hydrogen-bond acceptors (Lipinski definition) is 5. The lowest BCUT2D eigenvalue weighted by Crippen LogP contribution is -2.18. The van der Waals surface area contributed by atoms with Crippen molar-refractivity contribution >= 4 is 27.3 Å². The molecule has 6 heteroatoms. The van der Waals surface area contributed by atoms with Crippen molar-refractivity contribution in [1.82, 2.24) is 5.32 Å². The fraction of sp³-hybridized carbons (Fsp3) is 0.333. The van der Waals surface area contributed by atoms with E-state index in [9.17, 15) is 0 Å². The number of methoxy groups -OCH3 is 3. The second-order valence-electron chi connectivity index (χ2n) is 4.28. The van der Waals surface area contributed by atoms with E-state index in [4.69, 9.17) is 14.2 Å². The molecule has 0 bridgehead atoms. The number of nitrogens with one attached hydrogen (secondary N) is 1. The van der Waals surface area contributed by atoms with E-state index in [0.29, 0.717) is 17.2 Å². The number of benzene rings is 1. The quantitative estimate of drug-likeness (QED) is 0.836. The van der Waals surface area contributed by atoms with Crippen LogP contribution in [0.25, 0.3) is 0 Å². The Morgan fingerprint density at radius 1 is 1.05 bits per heavy atom. The fourth-order valence-electron chi connectivity index (χ4n) is 2.29. The molecule has 21 heavy (non-hydrogen) atoms. The first-order valence-corrected chi connectivity index (χ1v) is 8.04. The van der Waals surface area contributed by atoms with Crippen molar-refractivity contribution in [3.63, 3.8) is 0 Å². The maximum Gasteiger partial charge on any atom is 0.203 e. The van der Waals surface area contributed by atoms with Crippen molar-refractivity contribution < 1.29 is 14.2 Å². The zero-order valence-corrected chi connectivity index (χ0v) is 14.8. The van der Waals surface area contributed by atoms with E-state index < -0.39 is 0 Å². The van der Waals surface area contributed by atoms with Crippen molar-refractivity contribution in [1.29, 1.82) is 0 Å². The minimum Gasteiger partial charge on any atom is -0.493 e. The van der Waals surface area contributed by atoms with Crippen molar-refractivity contribution in [2.24, 2.45) is 0 Å². The van der Waals surface area contributed by atoms with E-state index >= 15 is 0 Å². The minimum absolute atomic E-state index is 0.00845. The van der Waals surface area contributed by atoms with Gasteiger partial charge in [-0.15, -0.1) is 11.3 Å². The van der Waals surface area contributed by atoms with Gasteiger partial charge in [-0.1, -0.05) is 0 Å². The zero-order valence-electron chi connectivity index (χ0n) is 12.4. The largest absolute Gasteiger partial charge is 0.493 e. The molecule has 0 spiro atoms. The average Bonchev–Trinajstić information content (AvgIpc) is 2.93. The smallest absolute Gasteiger partial charge is 0.203 e. The van der Waals surface area contributed by atoms with Crippen LogP contribution in [-0.4, -0.2) is 28.4 Å². The van der Waals surface area contributed by atoms with Crippen LogP contribution in [0.2, 0.25) is 0 Å². The Morgan fingerprint density at radius 2 is 1.76 bits per heavy atom. The van der Waals surface area contributed by atoms with E-state index in [1.807, 2.05) is 25.2 Å². The molecular weight excluding hydrogens is 354 g/mol. The van der Waals surface area contributed by atoms with Crippen LogP contribution in [0.3, 0.4) is 0 Å². The van der Waals surface area contributed by atoms with E-state index in [-0.39, 0.29) is 6.04 Å². The molecule has 114 valence electrons. The first kappa shape index (κ1) is 16.1. The van der Waals surface area contributed by atoms with Gasteiger partial charge in [0.15, 0.2) is 11.5 Å². The summed E-state index contributed by atoms with van der Waals surface area (Å²) >= 11 is 5.27. The Labute approximate surface area is 137 Å². The van der Waals surface area contributed by atoms with Crippen LogP contribution in [0.1, 0.15) is 16.5 Å². The monoisotopic (exact) mass is 371 g/mol.